The summed E-state index contributed by atoms with van der Waals surface area (Å²) in [4.78, 5) is 12.6. The molecule has 0 saturated carbocycles. The summed E-state index contributed by atoms with van der Waals surface area (Å²) in [6.45, 7) is 5.68. The van der Waals surface area contributed by atoms with Crippen molar-refractivity contribution in [2.24, 2.45) is 0 Å². The van der Waals surface area contributed by atoms with Crippen molar-refractivity contribution < 1.29 is 18.7 Å². The van der Waals surface area contributed by atoms with E-state index in [0.29, 0.717) is 12.2 Å². The van der Waals surface area contributed by atoms with Crippen LogP contribution in [0, 0.1) is 5.82 Å². The number of nitrogens with one attached hydrogen (secondary N) is 1. The Morgan fingerprint density at radius 3 is 2.64 bits per heavy atom. The monoisotopic (exact) mass is 343 g/mol. The molecule has 0 bridgehead atoms. The molecule has 1 heterocycles. The molecule has 0 unspecified atom stereocenters. The van der Waals surface area contributed by atoms with Gasteiger partial charge in [0.25, 0.3) is 5.91 Å². The fraction of sp³-hybridized carbons (Fsp3) is 0.350. The third-order valence-corrected chi connectivity index (χ3v) is 4.19. The van der Waals surface area contributed by atoms with Crippen LogP contribution in [0.5, 0.6) is 11.5 Å². The van der Waals surface area contributed by atoms with Gasteiger partial charge in [-0.05, 0) is 51.1 Å². The first kappa shape index (κ1) is 17.3. The summed E-state index contributed by atoms with van der Waals surface area (Å²) >= 11 is 0. The van der Waals surface area contributed by atoms with Gasteiger partial charge in [-0.1, -0.05) is 18.2 Å². The molecule has 4 nitrogen and oxygen atoms in total. The van der Waals surface area contributed by atoms with Crippen molar-refractivity contribution >= 4 is 5.91 Å². The average molecular weight is 343 g/mol. The molecule has 0 spiro atoms. The number of ether oxygens (including phenoxy) is 2. The summed E-state index contributed by atoms with van der Waals surface area (Å²) in [5.74, 6) is 0.681. The molecule has 1 aliphatic rings. The van der Waals surface area contributed by atoms with Crippen molar-refractivity contribution in [3.63, 3.8) is 0 Å². The molecular weight excluding hydrogens is 321 g/mol. The number of carbonyl (C=O) groups excluding carboxylic acids is 1. The number of para-hydroxylation sites is 1. The predicted molar refractivity (Wildman–Crippen MR) is 93.1 cm³/mol. The first-order valence-electron chi connectivity index (χ1n) is 8.35. The Morgan fingerprint density at radius 1 is 1.24 bits per heavy atom. The lowest BCUT2D eigenvalue weighted by molar-refractivity contribution is -0.128. The first-order valence-corrected chi connectivity index (χ1v) is 8.35. The van der Waals surface area contributed by atoms with Crippen LogP contribution in [0.15, 0.2) is 48.5 Å². The van der Waals surface area contributed by atoms with Gasteiger partial charge in [-0.25, -0.2) is 4.39 Å². The maximum atomic E-state index is 13.0. The number of hydrogen-bond donors (Lipinski definition) is 1. The van der Waals surface area contributed by atoms with Gasteiger partial charge in [0.15, 0.2) is 6.10 Å². The van der Waals surface area contributed by atoms with Gasteiger partial charge in [-0.15, -0.1) is 0 Å². The normalized spacial score (nSPS) is 19.3. The van der Waals surface area contributed by atoms with Crippen molar-refractivity contribution in [1.29, 1.82) is 0 Å². The van der Waals surface area contributed by atoms with Gasteiger partial charge in [-0.3, -0.25) is 4.79 Å². The maximum Gasteiger partial charge on any atom is 0.261 e. The van der Waals surface area contributed by atoms with Crippen LogP contribution in [0.2, 0.25) is 0 Å². The molecule has 3 rings (SSSR count). The molecule has 0 aliphatic carbocycles. The molecule has 2 aromatic rings. The zero-order valence-corrected chi connectivity index (χ0v) is 14.6. The number of halogens is 1. The smallest absolute Gasteiger partial charge is 0.261 e. The predicted octanol–water partition coefficient (Wildman–Crippen LogP) is 4.01. The Bertz CT molecular complexity index is 758. The number of amides is 1. The topological polar surface area (TPSA) is 47.6 Å². The van der Waals surface area contributed by atoms with Crippen molar-refractivity contribution in [3.05, 3.63) is 59.9 Å². The Hall–Kier alpha value is -2.56. The van der Waals surface area contributed by atoms with E-state index in [4.69, 9.17) is 9.47 Å². The van der Waals surface area contributed by atoms with Crippen LogP contribution in [0.1, 0.15) is 38.8 Å². The van der Waals surface area contributed by atoms with Crippen molar-refractivity contribution in [3.8, 4) is 11.5 Å². The lowest BCUT2D eigenvalue weighted by Gasteiger charge is -2.38. The van der Waals surface area contributed by atoms with Gasteiger partial charge in [0.2, 0.25) is 0 Å². The van der Waals surface area contributed by atoms with Gasteiger partial charge >= 0.3 is 0 Å². The summed E-state index contributed by atoms with van der Waals surface area (Å²) in [5.41, 5.74) is 0.594. The number of rotatable bonds is 4. The standard InChI is InChI=1S/C20H22FNO3/c1-13(24-15-10-8-14(21)9-11-15)19(23)22-17-12-20(2,3)25-18-7-5-4-6-16(17)18/h4-11,13,17H,12H2,1-3H3,(H,22,23)/t13-,17+/m1/s1. The van der Waals surface area contributed by atoms with Gasteiger partial charge in [0.05, 0.1) is 6.04 Å². The molecular formula is C20H22FNO3. The van der Waals surface area contributed by atoms with Crippen LogP contribution < -0.4 is 14.8 Å². The number of fused-ring (bicyclic) bond motifs is 1. The molecule has 2 atom stereocenters. The van der Waals surface area contributed by atoms with E-state index in [1.54, 1.807) is 6.92 Å². The molecule has 132 valence electrons. The molecule has 1 amide bonds. The summed E-state index contributed by atoms with van der Waals surface area (Å²) in [6, 6.07) is 13.2. The minimum absolute atomic E-state index is 0.147. The van der Waals surface area contributed by atoms with Crippen molar-refractivity contribution in [2.45, 2.75) is 44.9 Å². The number of carbonyl (C=O) groups is 1. The highest BCUT2D eigenvalue weighted by Gasteiger charge is 2.35. The highest BCUT2D eigenvalue weighted by Crippen LogP contribution is 2.39. The Labute approximate surface area is 147 Å². The quantitative estimate of drug-likeness (QED) is 0.912. The number of benzene rings is 2. The lowest BCUT2D eigenvalue weighted by Crippen LogP contribution is -2.44. The molecule has 0 aromatic heterocycles. The third kappa shape index (κ3) is 4.10. The van der Waals surface area contributed by atoms with E-state index in [0.717, 1.165) is 11.3 Å². The largest absolute Gasteiger partial charge is 0.487 e. The Balaban J connectivity index is 1.70. The van der Waals surface area contributed by atoms with Crippen LogP contribution in [0.4, 0.5) is 4.39 Å². The zero-order valence-electron chi connectivity index (χ0n) is 14.6. The summed E-state index contributed by atoms with van der Waals surface area (Å²) in [7, 11) is 0. The van der Waals surface area contributed by atoms with E-state index in [-0.39, 0.29) is 23.4 Å². The van der Waals surface area contributed by atoms with Crippen LogP contribution in [-0.2, 0) is 4.79 Å². The Morgan fingerprint density at radius 2 is 1.92 bits per heavy atom. The molecule has 0 radical (unpaired) electrons. The van der Waals surface area contributed by atoms with Gasteiger partial charge in [0.1, 0.15) is 22.9 Å². The minimum atomic E-state index is -0.691. The van der Waals surface area contributed by atoms with E-state index in [1.165, 1.54) is 24.3 Å². The average Bonchev–Trinajstić information content (AvgIpc) is 2.56. The number of hydrogen-bond acceptors (Lipinski definition) is 3. The van der Waals surface area contributed by atoms with Crippen LogP contribution in [0.25, 0.3) is 0 Å². The minimum Gasteiger partial charge on any atom is -0.487 e. The van der Waals surface area contributed by atoms with Crippen molar-refractivity contribution in [1.82, 2.24) is 5.32 Å². The SMILES string of the molecule is C[C@@H](Oc1ccc(F)cc1)C(=O)N[C@H]1CC(C)(C)Oc2ccccc21. The summed E-state index contributed by atoms with van der Waals surface area (Å²) in [6.07, 6.45) is -0.0254. The van der Waals surface area contributed by atoms with Gasteiger partial charge < -0.3 is 14.8 Å². The van der Waals surface area contributed by atoms with Gasteiger partial charge in [0, 0.05) is 12.0 Å². The summed E-state index contributed by atoms with van der Waals surface area (Å²) < 4.78 is 24.5. The fourth-order valence-corrected chi connectivity index (χ4v) is 2.99. The van der Waals surface area contributed by atoms with E-state index in [9.17, 15) is 9.18 Å². The van der Waals surface area contributed by atoms with E-state index in [1.807, 2.05) is 38.1 Å². The highest BCUT2D eigenvalue weighted by molar-refractivity contribution is 5.81. The second-order valence-electron chi connectivity index (χ2n) is 6.88. The second-order valence-corrected chi connectivity index (χ2v) is 6.88. The van der Waals surface area contributed by atoms with Crippen LogP contribution >= 0.6 is 0 Å². The lowest BCUT2D eigenvalue weighted by atomic mass is 9.89. The van der Waals surface area contributed by atoms with Crippen LogP contribution in [-0.4, -0.2) is 17.6 Å². The molecule has 5 heteroatoms. The first-order chi connectivity index (χ1) is 11.8. The summed E-state index contributed by atoms with van der Waals surface area (Å²) in [5, 5.41) is 3.04. The molecule has 2 aromatic carbocycles. The van der Waals surface area contributed by atoms with Crippen molar-refractivity contribution in [2.75, 3.05) is 0 Å². The molecule has 0 saturated heterocycles. The highest BCUT2D eigenvalue weighted by atomic mass is 19.1. The molecule has 25 heavy (non-hydrogen) atoms. The van der Waals surface area contributed by atoms with E-state index >= 15 is 0 Å². The fourth-order valence-electron chi connectivity index (χ4n) is 2.99. The molecule has 1 N–H and O–H groups in total. The zero-order chi connectivity index (χ0) is 18.0. The second kappa shape index (κ2) is 6.75. The van der Waals surface area contributed by atoms with Gasteiger partial charge in [-0.2, -0.15) is 0 Å². The van der Waals surface area contributed by atoms with E-state index < -0.39 is 6.10 Å². The Kier molecular flexibility index (Phi) is 4.66. The maximum absolute atomic E-state index is 13.0. The van der Waals surface area contributed by atoms with Crippen LogP contribution in [0.3, 0.4) is 0 Å². The molecule has 0 fully saturated rings. The third-order valence-electron chi connectivity index (χ3n) is 4.19. The molecule has 1 aliphatic heterocycles. The van der Waals surface area contributed by atoms with E-state index in [2.05, 4.69) is 5.32 Å².